The molecule has 3 rings (SSSR count). The van der Waals surface area contributed by atoms with Gasteiger partial charge in [-0.2, -0.15) is 0 Å². The molecule has 1 atom stereocenters. The van der Waals surface area contributed by atoms with Crippen LogP contribution in [0.3, 0.4) is 0 Å². The molecule has 0 bridgehead atoms. The van der Waals surface area contributed by atoms with Crippen LogP contribution in [0.2, 0.25) is 0 Å². The van der Waals surface area contributed by atoms with E-state index in [4.69, 9.17) is 21.1 Å². The second kappa shape index (κ2) is 4.96. The van der Waals surface area contributed by atoms with Crippen molar-refractivity contribution in [1.82, 2.24) is 9.80 Å². The normalized spacial score (nSPS) is 32.3. The molecular formula is C12H19ClN2O3. The molecule has 6 heteroatoms. The maximum Gasteiger partial charge on any atom is 0.243 e. The van der Waals surface area contributed by atoms with Crippen LogP contribution in [0.15, 0.2) is 0 Å². The standard InChI is InChI=1S/C12H19ClN2O3/c13-10-9-15(5-8-18-10)12(1-2-12)11(16)14-3-6-17-7-4-14/h10H,1-9H2. The summed E-state index contributed by atoms with van der Waals surface area (Å²) in [6.45, 7) is 4.82. The Morgan fingerprint density at radius 3 is 2.50 bits per heavy atom. The van der Waals surface area contributed by atoms with E-state index in [1.807, 2.05) is 4.90 Å². The van der Waals surface area contributed by atoms with Crippen LogP contribution in [0, 0.1) is 0 Å². The number of carbonyl (C=O) groups is 1. The van der Waals surface area contributed by atoms with Gasteiger partial charge in [0.2, 0.25) is 5.91 Å². The predicted molar refractivity (Wildman–Crippen MR) is 66.5 cm³/mol. The second-order valence-electron chi connectivity index (χ2n) is 5.16. The first-order valence-corrected chi connectivity index (χ1v) is 7.04. The summed E-state index contributed by atoms with van der Waals surface area (Å²) in [5, 5.41) is 0. The van der Waals surface area contributed by atoms with Crippen molar-refractivity contribution in [2.24, 2.45) is 0 Å². The summed E-state index contributed by atoms with van der Waals surface area (Å²) < 4.78 is 10.6. The zero-order valence-corrected chi connectivity index (χ0v) is 11.2. The first-order chi connectivity index (χ1) is 8.72. The molecule has 3 aliphatic rings. The lowest BCUT2D eigenvalue weighted by Gasteiger charge is -2.39. The first-order valence-electron chi connectivity index (χ1n) is 6.60. The zero-order valence-electron chi connectivity index (χ0n) is 10.4. The molecule has 102 valence electrons. The Labute approximate surface area is 112 Å². The molecule has 1 saturated carbocycles. The van der Waals surface area contributed by atoms with E-state index >= 15 is 0 Å². The van der Waals surface area contributed by atoms with Crippen molar-refractivity contribution < 1.29 is 14.3 Å². The molecule has 0 spiro atoms. The molecule has 0 aromatic heterocycles. The highest BCUT2D eigenvalue weighted by atomic mass is 35.5. The van der Waals surface area contributed by atoms with Crippen molar-refractivity contribution in [3.63, 3.8) is 0 Å². The number of nitrogens with zero attached hydrogens (tertiary/aromatic N) is 2. The van der Waals surface area contributed by atoms with Crippen molar-refractivity contribution in [3.05, 3.63) is 0 Å². The Bertz CT molecular complexity index is 329. The Balaban J connectivity index is 1.67. The van der Waals surface area contributed by atoms with Crippen LogP contribution in [0.25, 0.3) is 0 Å². The van der Waals surface area contributed by atoms with Gasteiger partial charge >= 0.3 is 0 Å². The quantitative estimate of drug-likeness (QED) is 0.678. The molecule has 0 N–H and O–H groups in total. The van der Waals surface area contributed by atoms with E-state index in [0.29, 0.717) is 26.4 Å². The summed E-state index contributed by atoms with van der Waals surface area (Å²) in [6.07, 6.45) is 1.90. The zero-order chi connectivity index (χ0) is 12.6. The van der Waals surface area contributed by atoms with Crippen LogP contribution in [0.1, 0.15) is 12.8 Å². The number of ether oxygens (including phenoxy) is 2. The van der Waals surface area contributed by atoms with Gasteiger partial charge in [-0.25, -0.2) is 0 Å². The predicted octanol–water partition coefficient (Wildman–Crippen LogP) is 0.275. The summed E-state index contributed by atoms with van der Waals surface area (Å²) in [7, 11) is 0. The van der Waals surface area contributed by atoms with Gasteiger partial charge in [0.1, 0.15) is 11.1 Å². The third-order valence-electron chi connectivity index (χ3n) is 4.05. The topological polar surface area (TPSA) is 42.0 Å². The Morgan fingerprint density at radius 2 is 1.89 bits per heavy atom. The molecule has 2 heterocycles. The number of halogens is 1. The molecule has 1 unspecified atom stereocenters. The van der Waals surface area contributed by atoms with Crippen LogP contribution in [-0.4, -0.2) is 72.8 Å². The average Bonchev–Trinajstić information content (AvgIpc) is 3.20. The van der Waals surface area contributed by atoms with Crippen molar-refractivity contribution in [1.29, 1.82) is 0 Å². The number of morpholine rings is 2. The van der Waals surface area contributed by atoms with E-state index < -0.39 is 0 Å². The maximum absolute atomic E-state index is 12.6. The highest BCUT2D eigenvalue weighted by Gasteiger charge is 2.56. The monoisotopic (exact) mass is 274 g/mol. The van der Waals surface area contributed by atoms with E-state index in [-0.39, 0.29) is 17.0 Å². The molecule has 2 saturated heterocycles. The van der Waals surface area contributed by atoms with E-state index in [0.717, 1.165) is 32.5 Å². The van der Waals surface area contributed by atoms with Gasteiger partial charge in [-0.05, 0) is 12.8 Å². The fourth-order valence-corrected chi connectivity index (χ4v) is 3.10. The average molecular weight is 275 g/mol. The highest BCUT2D eigenvalue weighted by molar-refractivity contribution is 6.19. The SMILES string of the molecule is O=C(N1CCOCC1)C1(N2CCOC(Cl)C2)CC1. The maximum atomic E-state index is 12.6. The number of amides is 1. The lowest BCUT2D eigenvalue weighted by Crippen LogP contribution is -2.57. The molecule has 0 radical (unpaired) electrons. The molecule has 0 aromatic rings. The van der Waals surface area contributed by atoms with Gasteiger partial charge in [-0.15, -0.1) is 0 Å². The number of rotatable bonds is 2. The highest BCUT2D eigenvalue weighted by Crippen LogP contribution is 2.44. The van der Waals surface area contributed by atoms with Crippen molar-refractivity contribution in [2.45, 2.75) is 23.9 Å². The number of carbonyl (C=O) groups excluding carboxylic acids is 1. The first kappa shape index (κ1) is 12.7. The number of alkyl halides is 1. The smallest absolute Gasteiger partial charge is 0.243 e. The molecule has 1 aliphatic carbocycles. The number of hydrogen-bond acceptors (Lipinski definition) is 4. The lowest BCUT2D eigenvalue weighted by atomic mass is 10.1. The van der Waals surface area contributed by atoms with Crippen LogP contribution < -0.4 is 0 Å². The molecule has 2 aliphatic heterocycles. The Kier molecular flexibility index (Phi) is 3.49. The van der Waals surface area contributed by atoms with Gasteiger partial charge < -0.3 is 14.4 Å². The molecule has 3 fully saturated rings. The third kappa shape index (κ3) is 2.25. The summed E-state index contributed by atoms with van der Waals surface area (Å²) >= 11 is 6.03. The van der Waals surface area contributed by atoms with Crippen LogP contribution >= 0.6 is 11.6 Å². The van der Waals surface area contributed by atoms with Crippen LogP contribution in [-0.2, 0) is 14.3 Å². The minimum absolute atomic E-state index is 0.261. The van der Waals surface area contributed by atoms with Crippen molar-refractivity contribution in [3.8, 4) is 0 Å². The summed E-state index contributed by atoms with van der Waals surface area (Å²) in [5.74, 6) is 0.261. The molecule has 18 heavy (non-hydrogen) atoms. The van der Waals surface area contributed by atoms with Crippen molar-refractivity contribution in [2.75, 3.05) is 46.0 Å². The summed E-state index contributed by atoms with van der Waals surface area (Å²) in [6, 6.07) is 0. The van der Waals surface area contributed by atoms with Gasteiger partial charge in [0.25, 0.3) is 0 Å². The van der Waals surface area contributed by atoms with E-state index in [1.165, 1.54) is 0 Å². The van der Waals surface area contributed by atoms with Crippen LogP contribution in [0.4, 0.5) is 0 Å². The third-order valence-corrected chi connectivity index (χ3v) is 4.31. The molecule has 1 amide bonds. The minimum Gasteiger partial charge on any atom is -0.378 e. The van der Waals surface area contributed by atoms with E-state index in [2.05, 4.69) is 4.90 Å². The molecule has 0 aromatic carbocycles. The van der Waals surface area contributed by atoms with E-state index in [1.54, 1.807) is 0 Å². The van der Waals surface area contributed by atoms with Gasteiger partial charge in [-0.1, -0.05) is 11.6 Å². The van der Waals surface area contributed by atoms with Gasteiger partial charge in [0, 0.05) is 26.2 Å². The van der Waals surface area contributed by atoms with E-state index in [9.17, 15) is 4.79 Å². The van der Waals surface area contributed by atoms with Gasteiger partial charge in [-0.3, -0.25) is 9.69 Å². The summed E-state index contributed by atoms with van der Waals surface area (Å²) in [4.78, 5) is 16.8. The second-order valence-corrected chi connectivity index (χ2v) is 5.65. The summed E-state index contributed by atoms with van der Waals surface area (Å²) in [5.41, 5.74) is -0.567. The lowest BCUT2D eigenvalue weighted by molar-refractivity contribution is -0.145. The Morgan fingerprint density at radius 1 is 1.17 bits per heavy atom. The van der Waals surface area contributed by atoms with Crippen LogP contribution in [0.5, 0.6) is 0 Å². The van der Waals surface area contributed by atoms with Crippen molar-refractivity contribution >= 4 is 17.5 Å². The Hall–Kier alpha value is -0.360. The van der Waals surface area contributed by atoms with Gasteiger partial charge in [0.05, 0.1) is 19.8 Å². The molecular weight excluding hydrogens is 256 g/mol. The minimum atomic E-state index is -0.284. The fourth-order valence-electron chi connectivity index (χ4n) is 2.84. The van der Waals surface area contributed by atoms with Gasteiger partial charge in [0.15, 0.2) is 0 Å². The number of hydrogen-bond donors (Lipinski definition) is 0. The fraction of sp³-hybridized carbons (Fsp3) is 0.917. The largest absolute Gasteiger partial charge is 0.378 e. The molecule has 5 nitrogen and oxygen atoms in total.